The lowest BCUT2D eigenvalue weighted by molar-refractivity contribution is -0.132. The van der Waals surface area contributed by atoms with Crippen LogP contribution in [0, 0.1) is 31.1 Å². The normalized spacial score (nSPS) is 20.0. The zero-order chi connectivity index (χ0) is 22.9. The molecule has 0 saturated carbocycles. The number of fused-ring (bicyclic) bond motifs is 1. The molecule has 30 heavy (non-hydrogen) atoms. The largest absolute Gasteiger partial charge is 0.486 e. The SMILES string of the molecule is CC(=O)Oc1c(C)c(C)c2c(c1CBr)CCC(C)(C(C)(C)CCCC(C)C(C)C)O2. The lowest BCUT2D eigenvalue weighted by Gasteiger charge is -2.48. The van der Waals surface area contributed by atoms with Crippen LogP contribution in [0.3, 0.4) is 0 Å². The Hall–Kier alpha value is -1.03. The highest BCUT2D eigenvalue weighted by Crippen LogP contribution is 2.50. The van der Waals surface area contributed by atoms with E-state index in [0.717, 1.165) is 53.5 Å². The maximum atomic E-state index is 11.7. The summed E-state index contributed by atoms with van der Waals surface area (Å²) in [6.45, 7) is 19.6. The molecule has 0 radical (unpaired) electrons. The van der Waals surface area contributed by atoms with Gasteiger partial charge in [0.25, 0.3) is 0 Å². The van der Waals surface area contributed by atoms with Crippen LogP contribution in [0.2, 0.25) is 0 Å². The van der Waals surface area contributed by atoms with Crippen molar-refractivity contribution in [3.8, 4) is 11.5 Å². The van der Waals surface area contributed by atoms with Crippen LogP contribution in [0.5, 0.6) is 11.5 Å². The average Bonchev–Trinajstić information content (AvgIpc) is 2.66. The molecule has 0 N–H and O–H groups in total. The van der Waals surface area contributed by atoms with E-state index in [1.807, 2.05) is 6.92 Å². The first kappa shape index (κ1) is 25.2. The van der Waals surface area contributed by atoms with Crippen molar-refractivity contribution in [2.75, 3.05) is 0 Å². The lowest BCUT2D eigenvalue weighted by Crippen LogP contribution is -2.49. The molecule has 0 fully saturated rings. The first-order valence-electron chi connectivity index (χ1n) is 11.4. The van der Waals surface area contributed by atoms with Gasteiger partial charge in [0.05, 0.1) is 0 Å². The third-order valence-corrected chi connectivity index (χ3v) is 8.31. The van der Waals surface area contributed by atoms with E-state index in [1.54, 1.807) is 0 Å². The molecule has 0 amide bonds. The van der Waals surface area contributed by atoms with Crippen LogP contribution < -0.4 is 9.47 Å². The average molecular weight is 482 g/mol. The highest BCUT2D eigenvalue weighted by atomic mass is 79.9. The minimum absolute atomic E-state index is 0.0743. The first-order chi connectivity index (χ1) is 13.8. The van der Waals surface area contributed by atoms with E-state index in [0.29, 0.717) is 11.1 Å². The molecular weight excluding hydrogens is 440 g/mol. The summed E-state index contributed by atoms with van der Waals surface area (Å²) in [5.74, 6) is 2.91. The fourth-order valence-electron chi connectivity index (χ4n) is 4.47. The number of hydrogen-bond acceptors (Lipinski definition) is 3. The molecule has 2 unspecified atom stereocenters. The number of benzene rings is 1. The summed E-state index contributed by atoms with van der Waals surface area (Å²) in [6, 6.07) is 0. The number of hydrogen-bond donors (Lipinski definition) is 0. The maximum absolute atomic E-state index is 11.7. The van der Waals surface area contributed by atoms with E-state index in [2.05, 4.69) is 64.4 Å². The van der Waals surface area contributed by atoms with Crippen molar-refractivity contribution < 1.29 is 14.3 Å². The van der Waals surface area contributed by atoms with E-state index < -0.39 is 0 Å². The van der Waals surface area contributed by atoms with Gasteiger partial charge < -0.3 is 9.47 Å². The standard InChI is InChI=1S/C26H41BrO3/c1-16(2)17(3)11-10-13-25(7,8)26(9)14-12-21-22(15-27)23(29-20(6)28)18(4)19(5)24(21)30-26/h16-17H,10-15H2,1-9H3. The summed E-state index contributed by atoms with van der Waals surface area (Å²) < 4.78 is 12.4. The van der Waals surface area contributed by atoms with E-state index in [-0.39, 0.29) is 17.0 Å². The predicted molar refractivity (Wildman–Crippen MR) is 129 cm³/mol. The molecule has 2 rings (SSSR count). The van der Waals surface area contributed by atoms with E-state index >= 15 is 0 Å². The summed E-state index contributed by atoms with van der Waals surface area (Å²) in [7, 11) is 0. The van der Waals surface area contributed by atoms with Gasteiger partial charge in [-0.15, -0.1) is 0 Å². The second-order valence-corrected chi connectivity index (χ2v) is 11.0. The fourth-order valence-corrected chi connectivity index (χ4v) is 5.07. The Morgan fingerprint density at radius 2 is 1.87 bits per heavy atom. The molecule has 170 valence electrons. The van der Waals surface area contributed by atoms with Crippen LogP contribution in [-0.4, -0.2) is 11.6 Å². The van der Waals surface area contributed by atoms with E-state index in [9.17, 15) is 4.79 Å². The second-order valence-electron chi connectivity index (χ2n) is 10.4. The van der Waals surface area contributed by atoms with Gasteiger partial charge in [0.15, 0.2) is 0 Å². The third kappa shape index (κ3) is 5.06. The van der Waals surface area contributed by atoms with Gasteiger partial charge in [-0.3, -0.25) is 4.79 Å². The van der Waals surface area contributed by atoms with Crippen molar-refractivity contribution in [2.45, 2.75) is 105 Å². The molecule has 0 saturated heterocycles. The number of rotatable bonds is 8. The molecule has 1 aliphatic rings. The highest BCUT2D eigenvalue weighted by Gasteiger charge is 2.46. The Balaban J connectivity index is 2.33. The Bertz CT molecular complexity index is 781. The Labute approximate surface area is 192 Å². The van der Waals surface area contributed by atoms with Gasteiger partial charge in [-0.05, 0) is 63.0 Å². The summed E-state index contributed by atoms with van der Waals surface area (Å²) in [5.41, 5.74) is 4.17. The quantitative estimate of drug-likeness (QED) is 0.217. The zero-order valence-corrected chi connectivity index (χ0v) is 22.1. The summed E-state index contributed by atoms with van der Waals surface area (Å²) in [6.07, 6.45) is 5.56. The molecule has 1 aliphatic heterocycles. The van der Waals surface area contributed by atoms with Crippen molar-refractivity contribution in [1.29, 1.82) is 0 Å². The molecule has 0 spiro atoms. The predicted octanol–water partition coefficient (Wildman–Crippen LogP) is 7.70. The Kier molecular flexibility index (Phi) is 8.10. The summed E-state index contributed by atoms with van der Waals surface area (Å²) in [5, 5.41) is 0.648. The van der Waals surface area contributed by atoms with Gasteiger partial charge in [0.2, 0.25) is 0 Å². The van der Waals surface area contributed by atoms with E-state index in [1.165, 1.54) is 25.3 Å². The molecule has 1 aromatic carbocycles. The van der Waals surface area contributed by atoms with Gasteiger partial charge in [-0.25, -0.2) is 0 Å². The smallest absolute Gasteiger partial charge is 0.308 e. The van der Waals surface area contributed by atoms with Crippen molar-refractivity contribution in [2.24, 2.45) is 17.3 Å². The molecule has 0 bridgehead atoms. The summed E-state index contributed by atoms with van der Waals surface area (Å²) >= 11 is 3.62. The van der Waals surface area contributed by atoms with Gasteiger partial charge in [-0.2, -0.15) is 0 Å². The van der Waals surface area contributed by atoms with Crippen molar-refractivity contribution >= 4 is 21.9 Å². The lowest BCUT2D eigenvalue weighted by atomic mass is 9.68. The molecule has 0 aliphatic carbocycles. The van der Waals surface area contributed by atoms with Crippen LogP contribution in [0.25, 0.3) is 0 Å². The van der Waals surface area contributed by atoms with Crippen molar-refractivity contribution in [3.05, 3.63) is 22.3 Å². The second kappa shape index (κ2) is 9.63. The molecule has 1 heterocycles. The number of ether oxygens (including phenoxy) is 2. The third-order valence-electron chi connectivity index (χ3n) is 7.75. The van der Waals surface area contributed by atoms with Crippen LogP contribution in [0.1, 0.15) is 96.4 Å². The van der Waals surface area contributed by atoms with Gasteiger partial charge in [0.1, 0.15) is 17.1 Å². The number of esters is 1. The number of halogens is 1. The maximum Gasteiger partial charge on any atom is 0.308 e. The number of carbonyl (C=O) groups is 1. The Morgan fingerprint density at radius 1 is 1.23 bits per heavy atom. The minimum Gasteiger partial charge on any atom is -0.486 e. The monoisotopic (exact) mass is 480 g/mol. The fraction of sp³-hybridized carbons (Fsp3) is 0.731. The summed E-state index contributed by atoms with van der Waals surface area (Å²) in [4.78, 5) is 11.7. The molecule has 2 atom stereocenters. The molecule has 0 aromatic heterocycles. The molecular formula is C26H41BrO3. The van der Waals surface area contributed by atoms with Crippen LogP contribution in [0.4, 0.5) is 0 Å². The van der Waals surface area contributed by atoms with Crippen molar-refractivity contribution in [1.82, 2.24) is 0 Å². The van der Waals surface area contributed by atoms with Gasteiger partial charge in [-0.1, -0.05) is 63.4 Å². The number of alkyl halides is 1. The Morgan fingerprint density at radius 3 is 2.40 bits per heavy atom. The molecule has 4 heteroatoms. The van der Waals surface area contributed by atoms with Crippen molar-refractivity contribution in [3.63, 3.8) is 0 Å². The molecule has 1 aromatic rings. The van der Waals surface area contributed by atoms with Crippen LogP contribution in [0.15, 0.2) is 0 Å². The minimum atomic E-state index is -0.280. The van der Waals surface area contributed by atoms with Crippen LogP contribution in [-0.2, 0) is 16.5 Å². The first-order valence-corrected chi connectivity index (χ1v) is 12.5. The zero-order valence-electron chi connectivity index (χ0n) is 20.5. The van der Waals surface area contributed by atoms with Crippen LogP contribution >= 0.6 is 15.9 Å². The molecule has 3 nitrogen and oxygen atoms in total. The topological polar surface area (TPSA) is 35.5 Å². The highest BCUT2D eigenvalue weighted by molar-refractivity contribution is 9.08. The van der Waals surface area contributed by atoms with Gasteiger partial charge >= 0.3 is 5.97 Å². The van der Waals surface area contributed by atoms with Gasteiger partial charge in [0, 0.05) is 28.8 Å². The van der Waals surface area contributed by atoms with E-state index in [4.69, 9.17) is 9.47 Å². The number of carbonyl (C=O) groups excluding carboxylic acids is 1.